The average molecular weight is 547 g/mol. The number of hydrogen-bond acceptors (Lipinski definition) is 7. The van der Waals surface area contributed by atoms with Crippen LogP contribution in [0.5, 0.6) is 5.75 Å². The fourth-order valence-electron chi connectivity index (χ4n) is 4.04. The summed E-state index contributed by atoms with van der Waals surface area (Å²) in [6.07, 6.45) is 1.52. The summed E-state index contributed by atoms with van der Waals surface area (Å²) in [6.45, 7) is 4.31. The Labute approximate surface area is 219 Å². The molecule has 0 atom stereocenters. The quantitative estimate of drug-likeness (QED) is 0.287. The number of phenols is 1. The molecular formula is C27H28F2N2O6S. The molecule has 11 heteroatoms. The van der Waals surface area contributed by atoms with E-state index in [1.807, 2.05) is 0 Å². The number of benzene rings is 3. The number of hydrogen-bond donors (Lipinski definition) is 2. The highest BCUT2D eigenvalue weighted by Gasteiger charge is 2.19. The summed E-state index contributed by atoms with van der Waals surface area (Å²) in [6, 6.07) is 12.0. The zero-order chi connectivity index (χ0) is 27.1. The molecule has 2 N–H and O–H groups in total. The van der Waals surface area contributed by atoms with Crippen LogP contribution in [0.1, 0.15) is 23.2 Å². The van der Waals surface area contributed by atoms with E-state index in [4.69, 9.17) is 9.47 Å². The number of sulfonamides is 1. The van der Waals surface area contributed by atoms with Crippen LogP contribution in [0.25, 0.3) is 11.1 Å². The van der Waals surface area contributed by atoms with Gasteiger partial charge in [0.05, 0.1) is 30.4 Å². The van der Waals surface area contributed by atoms with Crippen molar-refractivity contribution in [1.29, 1.82) is 0 Å². The predicted molar refractivity (Wildman–Crippen MR) is 137 cm³/mol. The molecule has 3 aromatic carbocycles. The van der Waals surface area contributed by atoms with Gasteiger partial charge < -0.3 is 14.6 Å². The van der Waals surface area contributed by atoms with Gasteiger partial charge in [-0.1, -0.05) is 12.1 Å². The molecule has 0 aromatic heterocycles. The number of carbonyl (C=O) groups is 1. The fourth-order valence-corrected chi connectivity index (χ4v) is 5.13. The highest BCUT2D eigenvalue weighted by atomic mass is 32.2. The average Bonchev–Trinajstić information content (AvgIpc) is 2.90. The minimum atomic E-state index is -4.15. The van der Waals surface area contributed by atoms with E-state index >= 15 is 0 Å². The van der Waals surface area contributed by atoms with E-state index in [9.17, 15) is 27.1 Å². The minimum Gasteiger partial charge on any atom is -0.507 e. The van der Waals surface area contributed by atoms with Crippen molar-refractivity contribution in [2.24, 2.45) is 0 Å². The second-order valence-electron chi connectivity index (χ2n) is 8.79. The van der Waals surface area contributed by atoms with Crippen molar-refractivity contribution < 1.29 is 36.6 Å². The van der Waals surface area contributed by atoms with E-state index < -0.39 is 33.4 Å². The molecule has 1 heterocycles. The molecule has 4 rings (SSSR count). The molecule has 0 aliphatic carbocycles. The van der Waals surface area contributed by atoms with E-state index in [0.717, 1.165) is 63.5 Å². The molecule has 1 aliphatic heterocycles. The summed E-state index contributed by atoms with van der Waals surface area (Å²) < 4.78 is 66.5. The molecule has 1 aliphatic rings. The number of nitrogens with one attached hydrogen (secondary N) is 1. The molecule has 202 valence electrons. The molecule has 0 bridgehead atoms. The summed E-state index contributed by atoms with van der Waals surface area (Å²) >= 11 is 0. The van der Waals surface area contributed by atoms with Crippen LogP contribution in [0, 0.1) is 11.6 Å². The van der Waals surface area contributed by atoms with Gasteiger partial charge in [-0.05, 0) is 67.4 Å². The molecule has 38 heavy (non-hydrogen) atoms. The van der Waals surface area contributed by atoms with Crippen LogP contribution in [-0.4, -0.2) is 63.8 Å². The van der Waals surface area contributed by atoms with Crippen molar-refractivity contribution in [1.82, 2.24) is 4.90 Å². The first-order chi connectivity index (χ1) is 18.2. The molecule has 0 unspecified atom stereocenters. The second kappa shape index (κ2) is 12.3. The lowest BCUT2D eigenvalue weighted by molar-refractivity contribution is 0.0348. The molecular weight excluding hydrogens is 518 g/mol. The zero-order valence-electron chi connectivity index (χ0n) is 20.5. The normalized spacial score (nSPS) is 14.3. The third-order valence-corrected chi connectivity index (χ3v) is 7.44. The van der Waals surface area contributed by atoms with Gasteiger partial charge in [-0.25, -0.2) is 22.0 Å². The Balaban J connectivity index is 1.36. The molecule has 1 fully saturated rings. The Kier molecular flexibility index (Phi) is 8.93. The Hall–Kier alpha value is -3.54. The molecule has 0 saturated carbocycles. The third kappa shape index (κ3) is 7.06. The maximum atomic E-state index is 14.2. The number of phenolic OH excluding ortho intramolecular Hbond substituents is 1. The van der Waals surface area contributed by atoms with Gasteiger partial charge in [0.15, 0.2) is 0 Å². The zero-order valence-corrected chi connectivity index (χ0v) is 21.3. The van der Waals surface area contributed by atoms with Crippen molar-refractivity contribution in [3.8, 4) is 16.9 Å². The van der Waals surface area contributed by atoms with Crippen LogP contribution in [0.3, 0.4) is 0 Å². The first-order valence-electron chi connectivity index (χ1n) is 12.1. The van der Waals surface area contributed by atoms with Gasteiger partial charge in [-0.3, -0.25) is 9.62 Å². The SMILES string of the molecule is O=C(OCCCCN1CCOCC1)c1ccc(NS(=O)(=O)c2cccc(-c3cc(F)ccc3F)c2)cc1O. The number of morpholine rings is 1. The molecule has 0 radical (unpaired) electrons. The lowest BCUT2D eigenvalue weighted by atomic mass is 10.1. The van der Waals surface area contributed by atoms with Crippen molar-refractivity contribution in [3.05, 3.63) is 77.9 Å². The fraction of sp³-hybridized carbons (Fsp3) is 0.296. The smallest absolute Gasteiger partial charge is 0.341 e. The number of anilines is 1. The van der Waals surface area contributed by atoms with Crippen LogP contribution < -0.4 is 4.72 Å². The van der Waals surface area contributed by atoms with Gasteiger partial charge in [0.2, 0.25) is 0 Å². The molecule has 0 spiro atoms. The predicted octanol–water partition coefficient (Wildman–Crippen LogP) is 4.41. The lowest BCUT2D eigenvalue weighted by Gasteiger charge is -2.26. The van der Waals surface area contributed by atoms with Crippen LogP contribution in [0.15, 0.2) is 65.6 Å². The van der Waals surface area contributed by atoms with Gasteiger partial charge in [0.1, 0.15) is 22.9 Å². The number of carbonyl (C=O) groups excluding carboxylic acids is 1. The van der Waals surface area contributed by atoms with Crippen LogP contribution in [0.2, 0.25) is 0 Å². The van der Waals surface area contributed by atoms with E-state index in [0.29, 0.717) is 6.42 Å². The van der Waals surface area contributed by atoms with Gasteiger partial charge in [-0.2, -0.15) is 0 Å². The van der Waals surface area contributed by atoms with Crippen LogP contribution in [-0.2, 0) is 19.5 Å². The second-order valence-corrected chi connectivity index (χ2v) is 10.5. The number of ether oxygens (including phenoxy) is 2. The molecule has 3 aromatic rings. The maximum Gasteiger partial charge on any atom is 0.341 e. The summed E-state index contributed by atoms with van der Waals surface area (Å²) in [5, 5.41) is 10.3. The Morgan fingerprint density at radius 3 is 2.58 bits per heavy atom. The third-order valence-electron chi connectivity index (χ3n) is 6.06. The Morgan fingerprint density at radius 2 is 1.82 bits per heavy atom. The van der Waals surface area contributed by atoms with Gasteiger partial charge in [0, 0.05) is 24.7 Å². The number of esters is 1. The van der Waals surface area contributed by atoms with Crippen molar-refractivity contribution in [2.75, 3.05) is 44.2 Å². The van der Waals surface area contributed by atoms with E-state index in [1.54, 1.807) is 0 Å². The van der Waals surface area contributed by atoms with E-state index in [2.05, 4.69) is 9.62 Å². The topological polar surface area (TPSA) is 105 Å². The first-order valence-corrected chi connectivity index (χ1v) is 13.6. The highest BCUT2D eigenvalue weighted by Crippen LogP contribution is 2.28. The number of rotatable bonds is 10. The van der Waals surface area contributed by atoms with Crippen molar-refractivity contribution in [3.63, 3.8) is 0 Å². The van der Waals surface area contributed by atoms with Gasteiger partial charge >= 0.3 is 5.97 Å². The standard InChI is InChI=1S/C27H28F2N2O6S/c28-20-6-9-25(29)24(17-20)19-4-3-5-22(16-19)38(34,35)30-21-7-8-23(26(32)18-21)27(33)37-13-2-1-10-31-11-14-36-15-12-31/h3-9,16-18,30,32H,1-2,10-15H2. The van der Waals surface area contributed by atoms with Gasteiger partial charge in [-0.15, -0.1) is 0 Å². The number of nitrogens with zero attached hydrogens (tertiary/aromatic N) is 1. The largest absolute Gasteiger partial charge is 0.507 e. The first kappa shape index (κ1) is 27.5. The van der Waals surface area contributed by atoms with E-state index in [1.165, 1.54) is 36.4 Å². The van der Waals surface area contributed by atoms with Crippen molar-refractivity contribution >= 4 is 21.7 Å². The number of unbranched alkanes of at least 4 members (excludes halogenated alkanes) is 1. The van der Waals surface area contributed by atoms with Crippen molar-refractivity contribution in [2.45, 2.75) is 17.7 Å². The summed E-state index contributed by atoms with van der Waals surface area (Å²) in [5.74, 6) is -2.51. The number of aromatic hydroxyl groups is 1. The minimum absolute atomic E-state index is 0.00639. The molecule has 1 saturated heterocycles. The van der Waals surface area contributed by atoms with Crippen LogP contribution >= 0.6 is 0 Å². The van der Waals surface area contributed by atoms with Gasteiger partial charge in [0.25, 0.3) is 10.0 Å². The monoisotopic (exact) mass is 546 g/mol. The number of halogens is 2. The highest BCUT2D eigenvalue weighted by molar-refractivity contribution is 7.92. The van der Waals surface area contributed by atoms with E-state index in [-0.39, 0.29) is 33.9 Å². The molecule has 0 amide bonds. The summed E-state index contributed by atoms with van der Waals surface area (Å²) in [5.41, 5.74) is 0.0102. The maximum absolute atomic E-state index is 14.2. The Morgan fingerprint density at radius 1 is 1.03 bits per heavy atom. The van der Waals surface area contributed by atoms with Crippen LogP contribution in [0.4, 0.5) is 14.5 Å². The summed E-state index contributed by atoms with van der Waals surface area (Å²) in [7, 11) is -4.15. The Bertz CT molecular complexity index is 1390. The molecule has 8 nitrogen and oxygen atoms in total. The summed E-state index contributed by atoms with van der Waals surface area (Å²) in [4.78, 5) is 14.5. The lowest BCUT2D eigenvalue weighted by Crippen LogP contribution is -2.36.